The Morgan fingerprint density at radius 2 is 2.00 bits per heavy atom. The summed E-state index contributed by atoms with van der Waals surface area (Å²) in [7, 11) is 0. The number of amides is 1. The quantitative estimate of drug-likeness (QED) is 0.666. The molecule has 0 aliphatic heterocycles. The zero-order valence-electron chi connectivity index (χ0n) is 10.8. The maximum absolute atomic E-state index is 11.8. The molecule has 0 unspecified atom stereocenters. The Hall–Kier alpha value is -1.60. The summed E-state index contributed by atoms with van der Waals surface area (Å²) in [4.78, 5) is 28.4. The summed E-state index contributed by atoms with van der Waals surface area (Å²) in [5, 5.41) is 5.96. The largest absolute Gasteiger partial charge is 0.324 e. The smallest absolute Gasteiger partial charge is 0.323 e. The van der Waals surface area contributed by atoms with E-state index in [-0.39, 0.29) is 11.6 Å². The van der Waals surface area contributed by atoms with Crippen LogP contribution in [0.2, 0.25) is 0 Å². The summed E-state index contributed by atoms with van der Waals surface area (Å²) in [6.45, 7) is 1.20. The first kappa shape index (κ1) is 13.4. The van der Waals surface area contributed by atoms with E-state index in [1.807, 2.05) is 0 Å². The van der Waals surface area contributed by atoms with Crippen LogP contribution in [-0.4, -0.2) is 29.0 Å². The van der Waals surface area contributed by atoms with E-state index in [4.69, 9.17) is 0 Å². The number of hydrogen-bond donors (Lipinski definition) is 4. The van der Waals surface area contributed by atoms with E-state index in [2.05, 4.69) is 36.5 Å². The van der Waals surface area contributed by atoms with Crippen molar-refractivity contribution in [2.45, 2.75) is 12.8 Å². The van der Waals surface area contributed by atoms with Gasteiger partial charge in [0.05, 0.1) is 23.3 Å². The molecule has 0 atom stereocenters. The van der Waals surface area contributed by atoms with Crippen LogP contribution < -0.4 is 16.3 Å². The number of fused-ring (bicyclic) bond motifs is 1. The highest BCUT2D eigenvalue weighted by Crippen LogP contribution is 2.28. The molecule has 1 aromatic carbocycles. The molecule has 106 valence electrons. The average Bonchev–Trinajstić information content (AvgIpc) is 3.12. The Morgan fingerprint density at radius 1 is 1.30 bits per heavy atom. The molecule has 1 heterocycles. The molecule has 6 nitrogen and oxygen atoms in total. The molecule has 1 aliphatic rings. The molecule has 3 rings (SSSR count). The van der Waals surface area contributed by atoms with E-state index in [1.54, 1.807) is 12.1 Å². The standard InChI is InChI=1S/C13H15BrN4O2/c14-8-3-10-11(18-13(20)17-10)4-9(8)16-12(19)6-15-5-7-1-2-7/h3-4,7,15H,1-2,5-6H2,(H,16,19)(H2,17,18,20). The van der Waals surface area contributed by atoms with Crippen molar-refractivity contribution >= 4 is 38.6 Å². The minimum absolute atomic E-state index is 0.0939. The number of anilines is 1. The highest BCUT2D eigenvalue weighted by atomic mass is 79.9. The first-order valence-corrected chi connectivity index (χ1v) is 7.33. The average molecular weight is 339 g/mol. The lowest BCUT2D eigenvalue weighted by molar-refractivity contribution is -0.115. The van der Waals surface area contributed by atoms with Crippen LogP contribution in [0.15, 0.2) is 21.4 Å². The number of benzene rings is 1. The van der Waals surface area contributed by atoms with Gasteiger partial charge >= 0.3 is 5.69 Å². The van der Waals surface area contributed by atoms with Crippen LogP contribution in [0.4, 0.5) is 5.69 Å². The van der Waals surface area contributed by atoms with Crippen LogP contribution in [0.1, 0.15) is 12.8 Å². The van der Waals surface area contributed by atoms with E-state index in [9.17, 15) is 9.59 Å². The predicted octanol–water partition coefficient (Wildman–Crippen LogP) is 1.56. The van der Waals surface area contributed by atoms with Gasteiger partial charge in [-0.05, 0) is 53.4 Å². The van der Waals surface area contributed by atoms with Crippen molar-refractivity contribution in [3.63, 3.8) is 0 Å². The number of aromatic nitrogens is 2. The van der Waals surface area contributed by atoms with Crippen molar-refractivity contribution in [1.29, 1.82) is 0 Å². The summed E-state index contributed by atoms with van der Waals surface area (Å²) in [6.07, 6.45) is 2.52. The Balaban J connectivity index is 1.67. The molecule has 20 heavy (non-hydrogen) atoms. The predicted molar refractivity (Wildman–Crippen MR) is 80.8 cm³/mol. The van der Waals surface area contributed by atoms with E-state index in [1.165, 1.54) is 12.8 Å². The molecule has 1 fully saturated rings. The van der Waals surface area contributed by atoms with Crippen LogP contribution in [0.3, 0.4) is 0 Å². The Labute approximate surface area is 123 Å². The van der Waals surface area contributed by atoms with Gasteiger partial charge in [-0.25, -0.2) is 4.79 Å². The third-order valence-electron chi connectivity index (χ3n) is 3.29. The number of carbonyl (C=O) groups is 1. The molecular weight excluding hydrogens is 324 g/mol. The van der Waals surface area contributed by atoms with Crippen molar-refractivity contribution in [1.82, 2.24) is 15.3 Å². The molecule has 0 radical (unpaired) electrons. The maximum atomic E-state index is 11.8. The zero-order valence-corrected chi connectivity index (χ0v) is 12.3. The lowest BCUT2D eigenvalue weighted by Crippen LogP contribution is -2.29. The van der Waals surface area contributed by atoms with Gasteiger partial charge in [-0.3, -0.25) is 4.79 Å². The third kappa shape index (κ3) is 3.10. The number of carbonyl (C=O) groups excluding carboxylic acids is 1. The molecule has 0 spiro atoms. The minimum atomic E-state index is -0.263. The molecule has 2 aromatic rings. The normalized spacial score (nSPS) is 14.7. The van der Waals surface area contributed by atoms with Gasteiger partial charge in [-0.15, -0.1) is 0 Å². The van der Waals surface area contributed by atoms with Crippen molar-refractivity contribution in [2.24, 2.45) is 5.92 Å². The van der Waals surface area contributed by atoms with Crippen LogP contribution in [-0.2, 0) is 4.79 Å². The zero-order chi connectivity index (χ0) is 14.1. The SMILES string of the molecule is O=C(CNCC1CC1)Nc1cc2[nH]c(=O)[nH]c2cc1Br. The van der Waals surface area contributed by atoms with Crippen LogP contribution in [0.5, 0.6) is 0 Å². The molecule has 1 aromatic heterocycles. The van der Waals surface area contributed by atoms with Gasteiger partial charge in [0, 0.05) is 4.47 Å². The number of nitrogens with one attached hydrogen (secondary N) is 4. The molecule has 1 saturated carbocycles. The first-order chi connectivity index (χ1) is 9.61. The fraction of sp³-hybridized carbons (Fsp3) is 0.385. The molecule has 1 aliphatic carbocycles. The summed E-state index contributed by atoms with van der Waals surface area (Å²) in [6, 6.07) is 3.50. The molecule has 0 bridgehead atoms. The molecule has 0 saturated heterocycles. The number of halogens is 1. The summed E-state index contributed by atoms with van der Waals surface area (Å²) < 4.78 is 0.732. The fourth-order valence-electron chi connectivity index (χ4n) is 2.06. The number of H-pyrrole nitrogens is 2. The van der Waals surface area contributed by atoms with Gasteiger partial charge in [0.15, 0.2) is 0 Å². The highest BCUT2D eigenvalue weighted by Gasteiger charge is 2.20. The van der Waals surface area contributed by atoms with Crippen molar-refractivity contribution < 1.29 is 4.79 Å². The summed E-state index contributed by atoms with van der Waals surface area (Å²) >= 11 is 3.39. The van der Waals surface area contributed by atoms with Gasteiger partial charge in [-0.1, -0.05) is 0 Å². The van der Waals surface area contributed by atoms with E-state index in [0.717, 1.165) is 16.9 Å². The number of aromatic amines is 2. The van der Waals surface area contributed by atoms with E-state index < -0.39 is 0 Å². The number of imidazole rings is 1. The Kier molecular flexibility index (Phi) is 3.62. The summed E-state index contributed by atoms with van der Waals surface area (Å²) in [5.74, 6) is 0.652. The van der Waals surface area contributed by atoms with E-state index >= 15 is 0 Å². The second kappa shape index (κ2) is 5.41. The first-order valence-electron chi connectivity index (χ1n) is 6.54. The molecule has 4 N–H and O–H groups in total. The molecule has 7 heteroatoms. The van der Waals surface area contributed by atoms with Gasteiger partial charge in [0.25, 0.3) is 0 Å². The van der Waals surface area contributed by atoms with Crippen LogP contribution in [0.25, 0.3) is 11.0 Å². The van der Waals surface area contributed by atoms with Gasteiger partial charge in [0.2, 0.25) is 5.91 Å². The topological polar surface area (TPSA) is 89.8 Å². The third-order valence-corrected chi connectivity index (χ3v) is 3.95. The minimum Gasteiger partial charge on any atom is -0.324 e. The molecule has 1 amide bonds. The van der Waals surface area contributed by atoms with Crippen LogP contribution in [0, 0.1) is 5.92 Å². The monoisotopic (exact) mass is 338 g/mol. The van der Waals surface area contributed by atoms with Gasteiger partial charge in [-0.2, -0.15) is 0 Å². The molecular formula is C13H15BrN4O2. The highest BCUT2D eigenvalue weighted by molar-refractivity contribution is 9.10. The maximum Gasteiger partial charge on any atom is 0.323 e. The van der Waals surface area contributed by atoms with Gasteiger partial charge in [0.1, 0.15) is 0 Å². The van der Waals surface area contributed by atoms with Crippen LogP contribution >= 0.6 is 15.9 Å². The lowest BCUT2D eigenvalue weighted by atomic mass is 10.2. The fourth-order valence-corrected chi connectivity index (χ4v) is 2.50. The van der Waals surface area contributed by atoms with Crippen molar-refractivity contribution in [2.75, 3.05) is 18.4 Å². The Morgan fingerprint density at radius 3 is 2.70 bits per heavy atom. The van der Waals surface area contributed by atoms with Gasteiger partial charge < -0.3 is 20.6 Å². The van der Waals surface area contributed by atoms with E-state index in [0.29, 0.717) is 23.3 Å². The second-order valence-electron chi connectivity index (χ2n) is 5.08. The Bertz CT molecular complexity index is 702. The lowest BCUT2D eigenvalue weighted by Gasteiger charge is -2.08. The number of hydrogen-bond acceptors (Lipinski definition) is 3. The van der Waals surface area contributed by atoms with Crippen molar-refractivity contribution in [3.05, 3.63) is 27.1 Å². The second-order valence-corrected chi connectivity index (χ2v) is 5.93. The van der Waals surface area contributed by atoms with Crippen molar-refractivity contribution in [3.8, 4) is 0 Å². The number of rotatable bonds is 5. The summed E-state index contributed by atoms with van der Waals surface area (Å²) in [5.41, 5.74) is 1.75.